The van der Waals surface area contributed by atoms with E-state index in [0.717, 1.165) is 38.2 Å². The smallest absolute Gasteiger partial charge is 0.182 e. The van der Waals surface area contributed by atoms with E-state index in [9.17, 15) is 23.1 Å². The Morgan fingerprint density at radius 3 is 2.36 bits per heavy atom. The number of carbonyl (C=O) groups is 1. The van der Waals surface area contributed by atoms with Crippen molar-refractivity contribution in [3.63, 3.8) is 0 Å². The average molecular weight is 466 g/mol. The Kier molecular flexibility index (Phi) is 9.88. The zero-order valence-electron chi connectivity index (χ0n) is 19.7. The standard InChI is InChI=1S/C14H10F3NO.C9H18N2O.C2H6/c1-8-2-5-12(11(16)6-8)18-14-9(7-19)3-4-10(15)13(14)17;1-11-6-9(12,7-11)8-4-2-3-5-10-8;1-2/h2-7,18H,1H3;8,10,12H,2-7H2,1H3;1-2H3/t;8-;/m.0./s1. The van der Waals surface area contributed by atoms with Gasteiger partial charge in [-0.15, -0.1) is 0 Å². The van der Waals surface area contributed by atoms with Crippen molar-refractivity contribution >= 4 is 17.7 Å². The molecule has 0 unspecified atom stereocenters. The van der Waals surface area contributed by atoms with Crippen molar-refractivity contribution in [2.24, 2.45) is 0 Å². The maximum Gasteiger partial charge on any atom is 0.182 e. The Balaban J connectivity index is 0.000000236. The minimum Gasteiger partial charge on any atom is -0.386 e. The van der Waals surface area contributed by atoms with Crippen LogP contribution in [0.1, 0.15) is 49.0 Å². The second-order valence-electron chi connectivity index (χ2n) is 8.33. The van der Waals surface area contributed by atoms with E-state index >= 15 is 0 Å². The van der Waals surface area contributed by atoms with Crippen LogP contribution in [0.4, 0.5) is 24.5 Å². The lowest BCUT2D eigenvalue weighted by Crippen LogP contribution is -2.69. The summed E-state index contributed by atoms with van der Waals surface area (Å²) in [5, 5.41) is 15.9. The maximum absolute atomic E-state index is 13.6. The van der Waals surface area contributed by atoms with Gasteiger partial charge in [0.15, 0.2) is 17.9 Å². The molecule has 0 radical (unpaired) electrons. The minimum atomic E-state index is -1.22. The molecule has 0 saturated carbocycles. The molecule has 0 amide bonds. The van der Waals surface area contributed by atoms with Crippen LogP contribution >= 0.6 is 0 Å². The highest BCUT2D eigenvalue weighted by Gasteiger charge is 2.45. The van der Waals surface area contributed by atoms with Crippen molar-refractivity contribution in [2.75, 3.05) is 32.0 Å². The number of nitrogens with one attached hydrogen (secondary N) is 2. The monoisotopic (exact) mass is 465 g/mol. The number of hydrogen-bond acceptors (Lipinski definition) is 5. The quantitative estimate of drug-likeness (QED) is 0.566. The van der Waals surface area contributed by atoms with Crippen molar-refractivity contribution in [1.29, 1.82) is 0 Å². The number of β-amino-alcohol motifs (C(OH)–C–C–N with tert-alkyl or cyclic N) is 1. The van der Waals surface area contributed by atoms with E-state index in [0.29, 0.717) is 17.9 Å². The second kappa shape index (κ2) is 12.2. The zero-order valence-corrected chi connectivity index (χ0v) is 19.7. The first-order chi connectivity index (χ1) is 15.7. The lowest BCUT2D eigenvalue weighted by atomic mass is 9.82. The molecule has 1 atom stereocenters. The van der Waals surface area contributed by atoms with Gasteiger partial charge in [-0.3, -0.25) is 4.79 Å². The number of likely N-dealkylation sites (N-methyl/N-ethyl adjacent to an activating group) is 1. The lowest BCUT2D eigenvalue weighted by Gasteiger charge is -2.50. The molecular formula is C25H34F3N3O2. The van der Waals surface area contributed by atoms with E-state index in [-0.39, 0.29) is 16.9 Å². The summed E-state index contributed by atoms with van der Waals surface area (Å²) in [4.78, 5) is 13.0. The molecule has 2 aliphatic rings. The van der Waals surface area contributed by atoms with Crippen molar-refractivity contribution in [3.05, 3.63) is 58.9 Å². The predicted molar refractivity (Wildman–Crippen MR) is 126 cm³/mol. The normalized spacial score (nSPS) is 19.2. The molecule has 5 nitrogen and oxygen atoms in total. The molecule has 3 N–H and O–H groups in total. The van der Waals surface area contributed by atoms with E-state index in [4.69, 9.17) is 0 Å². The van der Waals surface area contributed by atoms with Crippen LogP contribution in [0.3, 0.4) is 0 Å². The number of nitrogens with zero attached hydrogens (tertiary/aromatic N) is 1. The molecular weight excluding hydrogens is 431 g/mol. The van der Waals surface area contributed by atoms with Crippen molar-refractivity contribution in [3.8, 4) is 0 Å². The number of anilines is 2. The third-order valence-corrected chi connectivity index (χ3v) is 5.68. The first-order valence-corrected chi connectivity index (χ1v) is 11.3. The molecule has 2 aromatic carbocycles. The highest BCUT2D eigenvalue weighted by atomic mass is 19.2. The van der Waals surface area contributed by atoms with Crippen LogP contribution in [0.5, 0.6) is 0 Å². The topological polar surface area (TPSA) is 64.6 Å². The number of aldehydes is 1. The number of hydrogen-bond donors (Lipinski definition) is 3. The van der Waals surface area contributed by atoms with Crippen molar-refractivity contribution in [1.82, 2.24) is 10.2 Å². The summed E-state index contributed by atoms with van der Waals surface area (Å²) < 4.78 is 40.4. The van der Waals surface area contributed by atoms with Gasteiger partial charge in [0.2, 0.25) is 0 Å². The molecule has 0 aromatic heterocycles. The average Bonchev–Trinajstić information content (AvgIpc) is 2.80. The van der Waals surface area contributed by atoms with Gasteiger partial charge in [0.05, 0.1) is 11.4 Å². The Hall–Kier alpha value is -2.42. The molecule has 33 heavy (non-hydrogen) atoms. The third-order valence-electron chi connectivity index (χ3n) is 5.68. The van der Waals surface area contributed by atoms with Crippen molar-refractivity contribution < 1.29 is 23.1 Å². The lowest BCUT2D eigenvalue weighted by molar-refractivity contribution is -0.114. The summed E-state index contributed by atoms with van der Waals surface area (Å²) in [6, 6.07) is 6.57. The SMILES string of the molecule is CC.CN1CC(O)([C@@H]2CCCCN2)C1.Cc1ccc(Nc2c(C=O)ccc(F)c2F)c(F)c1. The van der Waals surface area contributed by atoms with Gasteiger partial charge in [-0.05, 0) is 63.2 Å². The van der Waals surface area contributed by atoms with Crippen LogP contribution in [-0.2, 0) is 0 Å². The van der Waals surface area contributed by atoms with Crippen LogP contribution in [0.2, 0.25) is 0 Å². The van der Waals surface area contributed by atoms with Gasteiger partial charge in [-0.2, -0.15) is 0 Å². The summed E-state index contributed by atoms with van der Waals surface area (Å²) in [5.74, 6) is -2.94. The predicted octanol–water partition coefficient (Wildman–Crippen LogP) is 4.80. The molecule has 2 aliphatic heterocycles. The fourth-order valence-electron chi connectivity index (χ4n) is 4.07. The summed E-state index contributed by atoms with van der Waals surface area (Å²) in [7, 11) is 2.05. The second-order valence-corrected chi connectivity index (χ2v) is 8.33. The van der Waals surface area contributed by atoms with E-state index < -0.39 is 23.1 Å². The maximum atomic E-state index is 13.6. The number of aryl methyl sites for hydroxylation is 1. The van der Waals surface area contributed by atoms with Gasteiger partial charge in [-0.1, -0.05) is 26.3 Å². The number of carbonyl (C=O) groups excluding carboxylic acids is 1. The first kappa shape index (κ1) is 26.8. The van der Waals surface area contributed by atoms with Crippen molar-refractivity contribution in [2.45, 2.75) is 51.7 Å². The van der Waals surface area contributed by atoms with Gasteiger partial charge in [-0.25, -0.2) is 13.2 Å². The molecule has 0 spiro atoms. The Bertz CT molecular complexity index is 927. The van der Waals surface area contributed by atoms with Crippen LogP contribution in [-0.4, -0.2) is 54.6 Å². The van der Waals surface area contributed by atoms with Gasteiger partial charge in [0, 0.05) is 24.7 Å². The Morgan fingerprint density at radius 2 is 1.82 bits per heavy atom. The molecule has 2 aromatic rings. The summed E-state index contributed by atoms with van der Waals surface area (Å²) in [6.07, 6.45) is 4.05. The highest BCUT2D eigenvalue weighted by Crippen LogP contribution is 2.28. The minimum absolute atomic E-state index is 0.0294. The highest BCUT2D eigenvalue weighted by molar-refractivity contribution is 5.86. The fraction of sp³-hybridized carbons (Fsp3) is 0.480. The molecule has 2 fully saturated rings. The molecule has 4 rings (SSSR count). The first-order valence-electron chi connectivity index (χ1n) is 11.3. The van der Waals surface area contributed by atoms with Gasteiger partial charge < -0.3 is 20.6 Å². The van der Waals surface area contributed by atoms with Gasteiger partial charge in [0.25, 0.3) is 0 Å². The molecule has 8 heteroatoms. The molecule has 2 saturated heterocycles. The number of halogens is 3. The number of aliphatic hydroxyl groups is 1. The van der Waals surface area contributed by atoms with E-state index in [1.54, 1.807) is 13.0 Å². The van der Waals surface area contributed by atoms with E-state index in [2.05, 4.69) is 22.6 Å². The largest absolute Gasteiger partial charge is 0.386 e. The number of rotatable bonds is 4. The number of likely N-dealkylation sites (tertiary alicyclic amines) is 1. The molecule has 0 bridgehead atoms. The Morgan fingerprint density at radius 1 is 1.12 bits per heavy atom. The molecule has 2 heterocycles. The number of piperidine rings is 1. The summed E-state index contributed by atoms with van der Waals surface area (Å²) in [6.45, 7) is 8.46. The molecule has 0 aliphatic carbocycles. The van der Waals surface area contributed by atoms with E-state index in [1.165, 1.54) is 25.0 Å². The van der Waals surface area contributed by atoms with Gasteiger partial charge >= 0.3 is 0 Å². The Labute approximate surface area is 194 Å². The van der Waals surface area contributed by atoms with Gasteiger partial charge in [0.1, 0.15) is 11.4 Å². The van der Waals surface area contributed by atoms with Crippen LogP contribution < -0.4 is 10.6 Å². The number of benzene rings is 2. The van der Waals surface area contributed by atoms with E-state index in [1.807, 2.05) is 13.8 Å². The summed E-state index contributed by atoms with van der Waals surface area (Å²) >= 11 is 0. The van der Waals surface area contributed by atoms with Crippen LogP contribution in [0, 0.1) is 24.4 Å². The fourth-order valence-corrected chi connectivity index (χ4v) is 4.07. The molecule has 182 valence electrons. The third kappa shape index (κ3) is 6.79. The van der Waals surface area contributed by atoms with Crippen LogP contribution in [0.15, 0.2) is 30.3 Å². The van der Waals surface area contributed by atoms with Crippen LogP contribution in [0.25, 0.3) is 0 Å². The zero-order chi connectivity index (χ0) is 24.6. The summed E-state index contributed by atoms with van der Waals surface area (Å²) in [5.41, 5.74) is -0.219.